The molecule has 0 bridgehead atoms. The summed E-state index contributed by atoms with van der Waals surface area (Å²) in [5.41, 5.74) is 2.25. The number of carbonyl (C=O) groups is 1. The van der Waals surface area contributed by atoms with Crippen molar-refractivity contribution >= 4 is 38.2 Å². The SMILES string of the molecule is Cc1ccc(-c2cc(C(=O)N3CCN(CCS(C)(=O)=O)CC3)c3c(C)noc3n2)s1. The number of sulfone groups is 1. The maximum absolute atomic E-state index is 13.4. The van der Waals surface area contributed by atoms with Crippen LogP contribution in [-0.2, 0) is 9.84 Å². The van der Waals surface area contributed by atoms with Gasteiger partial charge in [-0.1, -0.05) is 5.16 Å². The van der Waals surface area contributed by atoms with Crippen LogP contribution in [0, 0.1) is 13.8 Å². The van der Waals surface area contributed by atoms with Gasteiger partial charge in [-0.15, -0.1) is 11.3 Å². The highest BCUT2D eigenvalue weighted by Crippen LogP contribution is 2.31. The number of rotatable bonds is 5. The van der Waals surface area contributed by atoms with E-state index in [0.717, 1.165) is 4.88 Å². The molecule has 8 nitrogen and oxygen atoms in total. The van der Waals surface area contributed by atoms with Gasteiger partial charge in [-0.05, 0) is 32.0 Å². The lowest BCUT2D eigenvalue weighted by Crippen LogP contribution is -2.49. The summed E-state index contributed by atoms with van der Waals surface area (Å²) < 4.78 is 28.2. The Bertz CT molecular complexity index is 1190. The number of piperazine rings is 1. The molecular formula is C20H24N4O4S2. The summed E-state index contributed by atoms with van der Waals surface area (Å²) in [6, 6.07) is 5.84. The molecule has 1 saturated heterocycles. The Hall–Kier alpha value is -2.30. The average molecular weight is 449 g/mol. The van der Waals surface area contributed by atoms with Gasteiger partial charge < -0.3 is 9.42 Å². The number of aryl methyl sites for hydroxylation is 2. The highest BCUT2D eigenvalue weighted by Gasteiger charge is 2.27. The van der Waals surface area contributed by atoms with E-state index in [4.69, 9.17) is 4.52 Å². The first kappa shape index (κ1) is 21.0. The standard InChI is InChI=1S/C20H24N4O4S2/c1-13-4-5-17(29-13)16-12-15(18-14(2)22-28-19(18)21-16)20(25)24-8-6-23(7-9-24)10-11-30(3,26)27/h4-5,12H,6-11H2,1-3H3. The molecule has 3 aromatic rings. The maximum Gasteiger partial charge on any atom is 0.259 e. The molecule has 160 valence electrons. The van der Waals surface area contributed by atoms with E-state index in [1.54, 1.807) is 11.3 Å². The normalized spacial score (nSPS) is 15.8. The van der Waals surface area contributed by atoms with Gasteiger partial charge in [0, 0.05) is 43.9 Å². The highest BCUT2D eigenvalue weighted by molar-refractivity contribution is 7.90. The predicted molar refractivity (Wildman–Crippen MR) is 117 cm³/mol. The van der Waals surface area contributed by atoms with E-state index in [1.165, 1.54) is 11.1 Å². The zero-order valence-electron chi connectivity index (χ0n) is 17.2. The Morgan fingerprint density at radius 3 is 2.57 bits per heavy atom. The molecule has 1 aliphatic heterocycles. The van der Waals surface area contributed by atoms with Crippen molar-refractivity contribution in [1.82, 2.24) is 19.9 Å². The van der Waals surface area contributed by atoms with Gasteiger partial charge in [0.2, 0.25) is 0 Å². The molecule has 1 aliphatic rings. The Morgan fingerprint density at radius 2 is 1.93 bits per heavy atom. The van der Waals surface area contributed by atoms with Crippen molar-refractivity contribution in [2.75, 3.05) is 44.7 Å². The minimum atomic E-state index is -2.99. The van der Waals surface area contributed by atoms with Gasteiger partial charge >= 0.3 is 0 Å². The van der Waals surface area contributed by atoms with Crippen LogP contribution in [0.2, 0.25) is 0 Å². The molecule has 0 aromatic carbocycles. The van der Waals surface area contributed by atoms with Gasteiger partial charge in [-0.25, -0.2) is 13.4 Å². The van der Waals surface area contributed by atoms with E-state index in [9.17, 15) is 13.2 Å². The van der Waals surface area contributed by atoms with E-state index in [0.29, 0.717) is 60.8 Å². The molecule has 0 unspecified atom stereocenters. The molecule has 1 fully saturated rings. The summed E-state index contributed by atoms with van der Waals surface area (Å²) in [6.07, 6.45) is 1.25. The molecule has 1 amide bonds. The number of amides is 1. The average Bonchev–Trinajstić information content (AvgIpc) is 3.31. The highest BCUT2D eigenvalue weighted by atomic mass is 32.2. The van der Waals surface area contributed by atoms with Crippen molar-refractivity contribution in [3.05, 3.63) is 34.3 Å². The van der Waals surface area contributed by atoms with Crippen LogP contribution in [0.5, 0.6) is 0 Å². The number of aromatic nitrogens is 2. The summed E-state index contributed by atoms with van der Waals surface area (Å²) in [5.74, 6) is 0.0565. The topological polar surface area (TPSA) is 96.6 Å². The largest absolute Gasteiger partial charge is 0.336 e. The number of nitrogens with zero attached hydrogens (tertiary/aromatic N) is 4. The van der Waals surface area contributed by atoms with Crippen molar-refractivity contribution in [1.29, 1.82) is 0 Å². The quantitative estimate of drug-likeness (QED) is 0.591. The first-order valence-corrected chi connectivity index (χ1v) is 12.6. The van der Waals surface area contributed by atoms with Gasteiger partial charge in [0.05, 0.1) is 33.0 Å². The smallest absolute Gasteiger partial charge is 0.259 e. The van der Waals surface area contributed by atoms with Gasteiger partial charge in [0.1, 0.15) is 9.84 Å². The lowest BCUT2D eigenvalue weighted by atomic mass is 10.1. The van der Waals surface area contributed by atoms with E-state index in [-0.39, 0.29) is 11.7 Å². The number of hydrogen-bond acceptors (Lipinski definition) is 8. The second-order valence-electron chi connectivity index (χ2n) is 7.68. The van der Waals surface area contributed by atoms with Crippen LogP contribution in [-0.4, -0.2) is 79.0 Å². The van der Waals surface area contributed by atoms with Crippen LogP contribution in [0.3, 0.4) is 0 Å². The Labute approximate surface area is 179 Å². The van der Waals surface area contributed by atoms with Crippen LogP contribution in [0.25, 0.3) is 21.7 Å². The van der Waals surface area contributed by atoms with Gasteiger partial charge in [-0.2, -0.15) is 0 Å². The molecule has 4 heterocycles. The van der Waals surface area contributed by atoms with Crippen LogP contribution < -0.4 is 0 Å². The summed E-state index contributed by atoms with van der Waals surface area (Å²) >= 11 is 1.61. The summed E-state index contributed by atoms with van der Waals surface area (Å²) in [6.45, 7) is 6.72. The summed E-state index contributed by atoms with van der Waals surface area (Å²) in [5, 5.41) is 4.66. The van der Waals surface area contributed by atoms with E-state index in [2.05, 4.69) is 15.0 Å². The molecule has 30 heavy (non-hydrogen) atoms. The van der Waals surface area contributed by atoms with Gasteiger partial charge in [0.25, 0.3) is 11.6 Å². The monoisotopic (exact) mass is 448 g/mol. The molecule has 3 aromatic heterocycles. The van der Waals surface area contributed by atoms with Crippen LogP contribution in [0.15, 0.2) is 22.7 Å². The van der Waals surface area contributed by atoms with Crippen molar-refractivity contribution in [2.24, 2.45) is 0 Å². The Morgan fingerprint density at radius 1 is 1.20 bits per heavy atom. The second-order valence-corrected chi connectivity index (χ2v) is 11.2. The number of fused-ring (bicyclic) bond motifs is 1. The molecule has 0 radical (unpaired) electrons. The molecule has 0 saturated carbocycles. The van der Waals surface area contributed by atoms with E-state index < -0.39 is 9.84 Å². The van der Waals surface area contributed by atoms with Crippen molar-refractivity contribution < 1.29 is 17.7 Å². The predicted octanol–water partition coefficient (Wildman–Crippen LogP) is 2.37. The van der Waals surface area contributed by atoms with E-state index >= 15 is 0 Å². The van der Waals surface area contributed by atoms with Crippen LogP contribution >= 0.6 is 11.3 Å². The first-order chi connectivity index (χ1) is 14.2. The van der Waals surface area contributed by atoms with Gasteiger partial charge in [0.15, 0.2) is 0 Å². The summed E-state index contributed by atoms with van der Waals surface area (Å²) in [4.78, 5) is 24.0. The minimum absolute atomic E-state index is 0.0778. The van der Waals surface area contributed by atoms with Crippen molar-refractivity contribution in [3.8, 4) is 10.6 Å². The fourth-order valence-electron chi connectivity index (χ4n) is 3.60. The van der Waals surface area contributed by atoms with Crippen LogP contribution in [0.1, 0.15) is 20.9 Å². The molecule has 0 N–H and O–H groups in total. The third kappa shape index (κ3) is 4.40. The number of pyridine rings is 1. The number of carbonyl (C=O) groups excluding carboxylic acids is 1. The van der Waals surface area contributed by atoms with Crippen molar-refractivity contribution in [3.63, 3.8) is 0 Å². The lowest BCUT2D eigenvalue weighted by molar-refractivity contribution is 0.0646. The molecule has 4 rings (SSSR count). The molecule has 10 heteroatoms. The number of hydrogen-bond donors (Lipinski definition) is 0. The van der Waals surface area contributed by atoms with Gasteiger partial charge in [-0.3, -0.25) is 9.69 Å². The second kappa shape index (κ2) is 8.09. The maximum atomic E-state index is 13.4. The van der Waals surface area contributed by atoms with Crippen molar-refractivity contribution in [2.45, 2.75) is 13.8 Å². The summed E-state index contributed by atoms with van der Waals surface area (Å²) in [7, 11) is -2.99. The minimum Gasteiger partial charge on any atom is -0.336 e. The Balaban J connectivity index is 1.58. The first-order valence-electron chi connectivity index (χ1n) is 9.74. The zero-order valence-corrected chi connectivity index (χ0v) is 18.8. The number of thiophene rings is 1. The molecular weight excluding hydrogens is 424 g/mol. The molecule has 0 atom stereocenters. The van der Waals surface area contributed by atoms with E-state index in [1.807, 2.05) is 36.9 Å². The zero-order chi connectivity index (χ0) is 21.5. The lowest BCUT2D eigenvalue weighted by Gasteiger charge is -2.34. The fourth-order valence-corrected chi connectivity index (χ4v) is 5.02. The van der Waals surface area contributed by atoms with Crippen LogP contribution in [0.4, 0.5) is 0 Å². The third-order valence-corrected chi connectivity index (χ3v) is 7.23. The third-order valence-electron chi connectivity index (χ3n) is 5.28. The Kier molecular flexibility index (Phi) is 5.65. The molecule has 0 spiro atoms. The molecule has 0 aliphatic carbocycles. The fraction of sp³-hybridized carbons (Fsp3) is 0.450.